The topological polar surface area (TPSA) is 72.9 Å². The molecule has 0 fully saturated rings. The summed E-state index contributed by atoms with van der Waals surface area (Å²) < 4.78 is 1.65. The van der Waals surface area contributed by atoms with Gasteiger partial charge in [0.05, 0.1) is 6.20 Å². The normalized spacial score (nSPS) is 12.2. The molecule has 1 amide bonds. The van der Waals surface area contributed by atoms with Crippen molar-refractivity contribution in [1.82, 2.24) is 9.78 Å². The van der Waals surface area contributed by atoms with E-state index < -0.39 is 0 Å². The summed E-state index contributed by atoms with van der Waals surface area (Å²) in [4.78, 5) is 12.2. The smallest absolute Gasteiger partial charge is 0.248 e. The Morgan fingerprint density at radius 1 is 1.42 bits per heavy atom. The number of benzene rings is 1. The molecule has 0 aliphatic carbocycles. The number of nitrogens with one attached hydrogen (secondary N) is 1. The van der Waals surface area contributed by atoms with Gasteiger partial charge >= 0.3 is 0 Å². The van der Waals surface area contributed by atoms with Gasteiger partial charge in [-0.2, -0.15) is 5.10 Å². The number of aromatic nitrogens is 2. The minimum absolute atomic E-state index is 0.114. The summed E-state index contributed by atoms with van der Waals surface area (Å²) in [7, 11) is 0. The Morgan fingerprint density at radius 3 is 2.79 bits per heavy atom. The SMILES string of the molecule is Cc1cnn(C(C)C(=O)Nc2cccc(N)c2C)c1. The van der Waals surface area contributed by atoms with Gasteiger partial charge in [0.1, 0.15) is 6.04 Å². The Bertz CT molecular complexity index is 603. The number of rotatable bonds is 3. The quantitative estimate of drug-likeness (QED) is 0.829. The predicted molar refractivity (Wildman–Crippen MR) is 75.9 cm³/mol. The van der Waals surface area contributed by atoms with Crippen LogP contribution in [-0.4, -0.2) is 15.7 Å². The minimum Gasteiger partial charge on any atom is -0.398 e. The minimum atomic E-state index is -0.366. The second-order valence-corrected chi connectivity index (χ2v) is 4.68. The average Bonchev–Trinajstić information content (AvgIpc) is 2.80. The lowest BCUT2D eigenvalue weighted by atomic mass is 10.1. The Labute approximate surface area is 112 Å². The molecule has 0 saturated carbocycles. The molecule has 0 aliphatic rings. The Morgan fingerprint density at radius 2 is 2.16 bits per heavy atom. The first-order valence-corrected chi connectivity index (χ1v) is 6.15. The van der Waals surface area contributed by atoms with Crippen LogP contribution in [0.2, 0.25) is 0 Å². The molecule has 100 valence electrons. The molecule has 1 heterocycles. The molecular formula is C14H18N4O. The van der Waals surface area contributed by atoms with E-state index in [1.165, 1.54) is 0 Å². The summed E-state index contributed by atoms with van der Waals surface area (Å²) in [6.45, 7) is 5.63. The van der Waals surface area contributed by atoms with E-state index in [1.54, 1.807) is 10.9 Å². The number of nitrogens with zero attached hydrogens (tertiary/aromatic N) is 2. The second kappa shape index (κ2) is 5.14. The molecule has 1 atom stereocenters. The van der Waals surface area contributed by atoms with E-state index in [-0.39, 0.29) is 11.9 Å². The van der Waals surface area contributed by atoms with Crippen molar-refractivity contribution in [2.24, 2.45) is 0 Å². The Kier molecular flexibility index (Phi) is 3.55. The van der Waals surface area contributed by atoms with E-state index in [9.17, 15) is 4.79 Å². The number of amides is 1. The molecule has 1 aromatic carbocycles. The van der Waals surface area contributed by atoms with Crippen molar-refractivity contribution in [1.29, 1.82) is 0 Å². The molecule has 0 saturated heterocycles. The average molecular weight is 258 g/mol. The highest BCUT2D eigenvalue weighted by molar-refractivity contribution is 5.94. The Balaban J connectivity index is 2.15. The maximum absolute atomic E-state index is 12.2. The molecule has 5 nitrogen and oxygen atoms in total. The molecule has 1 unspecified atom stereocenters. The van der Waals surface area contributed by atoms with Crippen molar-refractivity contribution in [2.45, 2.75) is 26.8 Å². The van der Waals surface area contributed by atoms with E-state index in [4.69, 9.17) is 5.73 Å². The van der Waals surface area contributed by atoms with Crippen LogP contribution in [0.15, 0.2) is 30.6 Å². The summed E-state index contributed by atoms with van der Waals surface area (Å²) in [5.41, 5.74) is 9.12. The van der Waals surface area contributed by atoms with Crippen LogP contribution in [-0.2, 0) is 4.79 Å². The summed E-state index contributed by atoms with van der Waals surface area (Å²) >= 11 is 0. The number of hydrogen-bond donors (Lipinski definition) is 2. The fourth-order valence-electron chi connectivity index (χ4n) is 1.79. The molecule has 0 radical (unpaired) electrons. The summed E-state index contributed by atoms with van der Waals surface area (Å²) in [5.74, 6) is -0.114. The highest BCUT2D eigenvalue weighted by Gasteiger charge is 2.16. The van der Waals surface area contributed by atoms with Crippen molar-refractivity contribution in [3.05, 3.63) is 41.7 Å². The molecule has 5 heteroatoms. The number of nitrogens with two attached hydrogens (primary N) is 1. The van der Waals surface area contributed by atoms with Gasteiger partial charge in [-0.3, -0.25) is 9.48 Å². The Hall–Kier alpha value is -2.30. The molecule has 2 rings (SSSR count). The van der Waals surface area contributed by atoms with Gasteiger partial charge in [-0.05, 0) is 44.0 Å². The van der Waals surface area contributed by atoms with Gasteiger partial charge in [0.15, 0.2) is 0 Å². The van der Waals surface area contributed by atoms with Crippen LogP contribution in [0.3, 0.4) is 0 Å². The molecular weight excluding hydrogens is 240 g/mol. The fourth-order valence-corrected chi connectivity index (χ4v) is 1.79. The van der Waals surface area contributed by atoms with Gasteiger partial charge in [0.25, 0.3) is 0 Å². The largest absolute Gasteiger partial charge is 0.398 e. The van der Waals surface area contributed by atoms with E-state index in [0.29, 0.717) is 5.69 Å². The van der Waals surface area contributed by atoms with E-state index in [0.717, 1.165) is 16.8 Å². The van der Waals surface area contributed by atoms with E-state index in [1.807, 2.05) is 45.2 Å². The molecule has 1 aromatic heterocycles. The third kappa shape index (κ3) is 2.76. The number of carbonyl (C=O) groups is 1. The van der Waals surface area contributed by atoms with E-state index in [2.05, 4.69) is 10.4 Å². The first-order chi connectivity index (χ1) is 8.99. The second-order valence-electron chi connectivity index (χ2n) is 4.68. The predicted octanol–water partition coefficient (Wildman–Crippen LogP) is 2.28. The molecule has 0 aliphatic heterocycles. The van der Waals surface area contributed by atoms with Crippen molar-refractivity contribution in [3.8, 4) is 0 Å². The summed E-state index contributed by atoms with van der Waals surface area (Å²) in [6.07, 6.45) is 3.58. The van der Waals surface area contributed by atoms with Gasteiger partial charge in [0.2, 0.25) is 5.91 Å². The highest BCUT2D eigenvalue weighted by atomic mass is 16.2. The van der Waals surface area contributed by atoms with Crippen molar-refractivity contribution in [2.75, 3.05) is 11.1 Å². The zero-order chi connectivity index (χ0) is 14.0. The maximum atomic E-state index is 12.2. The monoisotopic (exact) mass is 258 g/mol. The first-order valence-electron chi connectivity index (χ1n) is 6.15. The van der Waals surface area contributed by atoms with Crippen LogP contribution >= 0.6 is 0 Å². The summed E-state index contributed by atoms with van der Waals surface area (Å²) in [6, 6.07) is 5.10. The standard InChI is InChI=1S/C14H18N4O/c1-9-7-16-18(8-9)11(3)14(19)17-13-6-4-5-12(15)10(13)2/h4-8,11H,15H2,1-3H3,(H,17,19). The van der Waals surface area contributed by atoms with Gasteiger partial charge in [-0.15, -0.1) is 0 Å². The number of carbonyl (C=O) groups excluding carboxylic acids is 1. The molecule has 0 spiro atoms. The lowest BCUT2D eigenvalue weighted by molar-refractivity contribution is -0.119. The fraction of sp³-hybridized carbons (Fsp3) is 0.286. The van der Waals surface area contributed by atoms with Gasteiger partial charge in [-0.25, -0.2) is 0 Å². The van der Waals surface area contributed by atoms with Gasteiger partial charge in [-0.1, -0.05) is 6.07 Å². The van der Waals surface area contributed by atoms with Crippen LogP contribution in [0.5, 0.6) is 0 Å². The summed E-state index contributed by atoms with van der Waals surface area (Å²) in [5, 5.41) is 7.03. The zero-order valence-electron chi connectivity index (χ0n) is 11.3. The molecule has 19 heavy (non-hydrogen) atoms. The van der Waals surface area contributed by atoms with E-state index >= 15 is 0 Å². The lowest BCUT2D eigenvalue weighted by Crippen LogP contribution is -2.24. The van der Waals surface area contributed by atoms with Crippen molar-refractivity contribution in [3.63, 3.8) is 0 Å². The van der Waals surface area contributed by atoms with Crippen molar-refractivity contribution < 1.29 is 4.79 Å². The van der Waals surface area contributed by atoms with Crippen molar-refractivity contribution >= 4 is 17.3 Å². The van der Waals surface area contributed by atoms with Crippen LogP contribution in [0.25, 0.3) is 0 Å². The molecule has 0 bridgehead atoms. The first kappa shape index (κ1) is 13.1. The maximum Gasteiger partial charge on any atom is 0.248 e. The van der Waals surface area contributed by atoms with Crippen LogP contribution in [0.1, 0.15) is 24.1 Å². The van der Waals surface area contributed by atoms with Crippen LogP contribution in [0, 0.1) is 13.8 Å². The van der Waals surface area contributed by atoms with Crippen LogP contribution < -0.4 is 11.1 Å². The number of hydrogen-bond acceptors (Lipinski definition) is 3. The zero-order valence-corrected chi connectivity index (χ0v) is 11.3. The third-order valence-electron chi connectivity index (χ3n) is 3.14. The number of anilines is 2. The van der Waals surface area contributed by atoms with Gasteiger partial charge < -0.3 is 11.1 Å². The number of nitrogen functional groups attached to an aromatic ring is 1. The number of aryl methyl sites for hydroxylation is 1. The third-order valence-corrected chi connectivity index (χ3v) is 3.14. The highest BCUT2D eigenvalue weighted by Crippen LogP contribution is 2.21. The van der Waals surface area contributed by atoms with Crippen LogP contribution in [0.4, 0.5) is 11.4 Å². The lowest BCUT2D eigenvalue weighted by Gasteiger charge is -2.14. The molecule has 2 aromatic rings. The van der Waals surface area contributed by atoms with Gasteiger partial charge in [0, 0.05) is 17.6 Å². The molecule has 3 N–H and O–H groups in total.